The van der Waals surface area contributed by atoms with Crippen molar-refractivity contribution in [3.05, 3.63) is 18.2 Å². The second kappa shape index (κ2) is 9.37. The van der Waals surface area contributed by atoms with Crippen molar-refractivity contribution >= 4 is 27.3 Å². The summed E-state index contributed by atoms with van der Waals surface area (Å²) in [6, 6.07) is 5.11. The fourth-order valence-electron chi connectivity index (χ4n) is 3.34. The van der Waals surface area contributed by atoms with Crippen molar-refractivity contribution < 1.29 is 13.2 Å². The number of rotatable bonds is 8. The van der Waals surface area contributed by atoms with Crippen LogP contribution in [0.3, 0.4) is 0 Å². The Bertz CT molecular complexity index is 709. The Kier molecular flexibility index (Phi) is 7.46. The molecule has 1 heterocycles. The zero-order valence-electron chi connectivity index (χ0n) is 16.1. The lowest BCUT2D eigenvalue weighted by Gasteiger charge is -2.31. The molecule has 0 radical (unpaired) electrons. The van der Waals surface area contributed by atoms with Crippen LogP contribution in [0.25, 0.3) is 0 Å². The predicted molar refractivity (Wildman–Crippen MR) is 106 cm³/mol. The van der Waals surface area contributed by atoms with Crippen molar-refractivity contribution in [2.24, 2.45) is 0 Å². The maximum atomic E-state index is 12.8. The number of benzene rings is 1. The van der Waals surface area contributed by atoms with Gasteiger partial charge in [-0.25, -0.2) is 8.42 Å². The van der Waals surface area contributed by atoms with Crippen LogP contribution in [0.1, 0.15) is 52.9 Å². The van der Waals surface area contributed by atoms with E-state index >= 15 is 0 Å². The first-order valence-corrected chi connectivity index (χ1v) is 11.1. The van der Waals surface area contributed by atoms with Crippen LogP contribution in [0.15, 0.2) is 23.1 Å². The number of piperidine rings is 1. The minimum atomic E-state index is -3.56. The predicted octanol–water partition coefficient (Wildman–Crippen LogP) is 3.45. The molecule has 6 nitrogen and oxygen atoms in total. The Morgan fingerprint density at radius 2 is 1.77 bits per heavy atom. The summed E-state index contributed by atoms with van der Waals surface area (Å²) < 4.78 is 27.1. The molecule has 0 aromatic heterocycles. The van der Waals surface area contributed by atoms with Gasteiger partial charge in [0, 0.05) is 32.6 Å². The van der Waals surface area contributed by atoms with Gasteiger partial charge in [0.25, 0.3) is 0 Å². The SMILES string of the molecule is CCCC(=O)Nc1cc(S(=O)(=O)N(CC)CC)ccc1N1CCCCC1. The van der Waals surface area contributed by atoms with Crippen molar-refractivity contribution in [2.75, 3.05) is 36.4 Å². The summed E-state index contributed by atoms with van der Waals surface area (Å²) in [6.07, 6.45) is 4.61. The summed E-state index contributed by atoms with van der Waals surface area (Å²) in [5, 5.41) is 2.93. The molecule has 1 aliphatic rings. The molecule has 0 atom stereocenters. The zero-order valence-corrected chi connectivity index (χ0v) is 16.9. The first-order chi connectivity index (χ1) is 12.4. The van der Waals surface area contributed by atoms with Gasteiger partial charge in [-0.15, -0.1) is 0 Å². The molecule has 146 valence electrons. The van der Waals surface area contributed by atoms with Gasteiger partial charge >= 0.3 is 0 Å². The number of nitrogens with one attached hydrogen (secondary N) is 1. The summed E-state index contributed by atoms with van der Waals surface area (Å²) >= 11 is 0. The van der Waals surface area contributed by atoms with Crippen molar-refractivity contribution in [1.82, 2.24) is 4.31 Å². The zero-order chi connectivity index (χ0) is 19.2. The number of hydrogen-bond acceptors (Lipinski definition) is 4. The van der Waals surface area contributed by atoms with Crippen LogP contribution in [0.4, 0.5) is 11.4 Å². The summed E-state index contributed by atoms with van der Waals surface area (Å²) in [5.74, 6) is -0.0804. The van der Waals surface area contributed by atoms with Crippen molar-refractivity contribution in [2.45, 2.75) is 57.8 Å². The molecule has 0 aliphatic carbocycles. The summed E-state index contributed by atoms with van der Waals surface area (Å²) in [5.41, 5.74) is 1.51. The quantitative estimate of drug-likeness (QED) is 0.749. The molecule has 1 N–H and O–H groups in total. The molecule has 26 heavy (non-hydrogen) atoms. The van der Waals surface area contributed by atoms with E-state index in [1.807, 2.05) is 26.8 Å². The Morgan fingerprint density at radius 3 is 2.35 bits per heavy atom. The molecule has 1 fully saturated rings. The standard InChI is InChI=1S/C19H31N3O3S/c1-4-10-19(23)20-17-15-16(26(24,25)22(5-2)6-3)11-12-18(17)21-13-8-7-9-14-21/h11-12,15H,4-10,13-14H2,1-3H3,(H,20,23). The van der Waals surface area contributed by atoms with Crippen molar-refractivity contribution in [1.29, 1.82) is 0 Å². The first-order valence-electron chi connectivity index (χ1n) is 9.63. The fraction of sp³-hybridized carbons (Fsp3) is 0.632. The van der Waals surface area contributed by atoms with Crippen LogP contribution in [0, 0.1) is 0 Å². The fourth-order valence-corrected chi connectivity index (χ4v) is 4.82. The Hall–Kier alpha value is -1.60. The van der Waals surface area contributed by atoms with Gasteiger partial charge in [-0.05, 0) is 43.9 Å². The Morgan fingerprint density at radius 1 is 1.12 bits per heavy atom. The highest BCUT2D eigenvalue weighted by Crippen LogP contribution is 2.32. The largest absolute Gasteiger partial charge is 0.370 e. The number of carbonyl (C=O) groups is 1. The first kappa shape index (κ1) is 20.7. The van der Waals surface area contributed by atoms with Crippen LogP contribution in [0.2, 0.25) is 0 Å². The lowest BCUT2D eigenvalue weighted by molar-refractivity contribution is -0.116. The van der Waals surface area contributed by atoms with Gasteiger partial charge in [-0.1, -0.05) is 20.8 Å². The molecule has 0 unspecified atom stereocenters. The number of hydrogen-bond donors (Lipinski definition) is 1. The van der Waals surface area contributed by atoms with E-state index in [0.717, 1.165) is 38.0 Å². The molecular formula is C19H31N3O3S. The highest BCUT2D eigenvalue weighted by atomic mass is 32.2. The molecule has 0 spiro atoms. The molecule has 1 aromatic carbocycles. The van der Waals surface area contributed by atoms with Gasteiger partial charge in [-0.3, -0.25) is 4.79 Å². The molecule has 1 aromatic rings. The van der Waals surface area contributed by atoms with E-state index in [1.54, 1.807) is 12.1 Å². The number of nitrogens with zero attached hydrogens (tertiary/aromatic N) is 2. The summed E-state index contributed by atoms with van der Waals surface area (Å²) in [7, 11) is -3.56. The van der Waals surface area contributed by atoms with Crippen LogP contribution in [0.5, 0.6) is 0 Å². The van der Waals surface area contributed by atoms with Gasteiger partial charge < -0.3 is 10.2 Å². The van der Waals surface area contributed by atoms with Gasteiger partial charge in [0.1, 0.15) is 0 Å². The Balaban J connectivity index is 2.42. The number of anilines is 2. The maximum absolute atomic E-state index is 12.8. The number of sulfonamides is 1. The van der Waals surface area contributed by atoms with E-state index in [0.29, 0.717) is 25.2 Å². The van der Waals surface area contributed by atoms with Crippen LogP contribution < -0.4 is 10.2 Å². The second-order valence-electron chi connectivity index (χ2n) is 6.61. The lowest BCUT2D eigenvalue weighted by atomic mass is 10.1. The van der Waals surface area contributed by atoms with E-state index in [-0.39, 0.29) is 10.8 Å². The summed E-state index contributed by atoms with van der Waals surface area (Å²) in [4.78, 5) is 14.6. The third-order valence-corrected chi connectivity index (χ3v) is 6.80. The molecular weight excluding hydrogens is 350 g/mol. The number of carbonyl (C=O) groups excluding carboxylic acids is 1. The monoisotopic (exact) mass is 381 g/mol. The van der Waals surface area contributed by atoms with Gasteiger partial charge in [-0.2, -0.15) is 4.31 Å². The minimum absolute atomic E-state index is 0.0804. The van der Waals surface area contributed by atoms with Crippen molar-refractivity contribution in [3.8, 4) is 0 Å². The average molecular weight is 382 g/mol. The van der Waals surface area contributed by atoms with Gasteiger partial charge in [0.15, 0.2) is 0 Å². The molecule has 1 aliphatic heterocycles. The van der Waals surface area contributed by atoms with E-state index in [1.165, 1.54) is 10.7 Å². The molecule has 7 heteroatoms. The topological polar surface area (TPSA) is 69.7 Å². The van der Waals surface area contributed by atoms with E-state index < -0.39 is 10.0 Å². The molecule has 0 saturated carbocycles. The average Bonchev–Trinajstić information content (AvgIpc) is 2.63. The molecule has 1 saturated heterocycles. The Labute approximate surface area is 157 Å². The lowest BCUT2D eigenvalue weighted by Crippen LogP contribution is -2.32. The van der Waals surface area contributed by atoms with Gasteiger partial charge in [0.2, 0.25) is 15.9 Å². The van der Waals surface area contributed by atoms with Gasteiger partial charge in [0.05, 0.1) is 16.3 Å². The second-order valence-corrected chi connectivity index (χ2v) is 8.55. The van der Waals surface area contributed by atoms with Crippen LogP contribution in [-0.4, -0.2) is 44.8 Å². The molecule has 2 rings (SSSR count). The maximum Gasteiger partial charge on any atom is 0.243 e. The van der Waals surface area contributed by atoms with Crippen LogP contribution in [-0.2, 0) is 14.8 Å². The minimum Gasteiger partial charge on any atom is -0.370 e. The highest BCUT2D eigenvalue weighted by molar-refractivity contribution is 7.89. The molecule has 0 bridgehead atoms. The third kappa shape index (κ3) is 4.76. The number of amides is 1. The van der Waals surface area contributed by atoms with Crippen molar-refractivity contribution in [3.63, 3.8) is 0 Å². The molecule has 1 amide bonds. The van der Waals surface area contributed by atoms with E-state index in [9.17, 15) is 13.2 Å². The normalized spacial score (nSPS) is 15.3. The smallest absolute Gasteiger partial charge is 0.243 e. The van der Waals surface area contributed by atoms with E-state index in [4.69, 9.17) is 0 Å². The van der Waals surface area contributed by atoms with Crippen LogP contribution >= 0.6 is 0 Å². The summed E-state index contributed by atoms with van der Waals surface area (Å²) in [6.45, 7) is 8.30. The van der Waals surface area contributed by atoms with E-state index in [2.05, 4.69) is 10.2 Å². The highest BCUT2D eigenvalue weighted by Gasteiger charge is 2.24. The third-order valence-electron chi connectivity index (χ3n) is 4.76.